The van der Waals surface area contributed by atoms with E-state index in [-0.39, 0.29) is 0 Å². The maximum atomic E-state index is 8.88. The van der Waals surface area contributed by atoms with Gasteiger partial charge in [-0.1, -0.05) is 72.8 Å². The van der Waals surface area contributed by atoms with Crippen molar-refractivity contribution < 1.29 is 38.5 Å². The van der Waals surface area contributed by atoms with Crippen molar-refractivity contribution in [2.45, 2.75) is 0 Å². The highest BCUT2D eigenvalue weighted by Gasteiger charge is 2.00. The minimum Gasteiger partial charge on any atom is -0.303 e. The van der Waals surface area contributed by atoms with Gasteiger partial charge in [-0.2, -0.15) is 0 Å². The summed E-state index contributed by atoms with van der Waals surface area (Å²) in [5.41, 5.74) is 0. The third kappa shape index (κ3) is 51.2. The molecule has 0 aliphatic heterocycles. The second-order valence-corrected chi connectivity index (χ2v) is 5.39. The van der Waals surface area contributed by atoms with Gasteiger partial charge in [0.15, 0.2) is 0 Å². The Balaban J connectivity index is 0. The molecule has 0 spiro atoms. The Labute approximate surface area is 127 Å². The Morgan fingerprint density at radius 2 is 0.409 bits per heavy atom. The van der Waals surface area contributed by atoms with Crippen LogP contribution < -0.4 is 0 Å². The molecule has 0 aliphatic carbocycles. The Morgan fingerprint density at radius 1 is 0.364 bits per heavy atom. The second-order valence-electron chi connectivity index (χ2n) is 3.34. The molecule has 0 aliphatic rings. The maximum absolute atomic E-state index is 8.88. The molecule has 2 aromatic carbocycles. The molecule has 10 heteroatoms. The topological polar surface area (TPSA) is 156 Å². The predicted octanol–water partition coefficient (Wildman–Crippen LogP) is 1.52. The van der Waals surface area contributed by atoms with E-state index in [1.54, 1.807) is 0 Å². The van der Waals surface area contributed by atoms with Crippen molar-refractivity contribution in [1.82, 2.24) is 0 Å². The average molecular weight is 352 g/mol. The zero-order valence-corrected chi connectivity index (χ0v) is 13.1. The summed E-state index contributed by atoms with van der Waals surface area (Å²) in [6.07, 6.45) is 0. The fourth-order valence-electron chi connectivity index (χ4n) is 0.770. The Bertz CT molecular complexity index is 416. The summed E-state index contributed by atoms with van der Waals surface area (Å²) in [5, 5.41) is 0. The molecule has 0 fully saturated rings. The van der Waals surface area contributed by atoms with Gasteiger partial charge in [-0.3, -0.25) is 0 Å². The molecule has 0 bridgehead atoms. The summed E-state index contributed by atoms with van der Waals surface area (Å²) >= 11 is 0. The molecule has 6 N–H and O–H groups in total. The van der Waals surface area contributed by atoms with Crippen molar-refractivity contribution in [3.8, 4) is 0 Å². The van der Waals surface area contributed by atoms with Crippen LogP contribution in [0.15, 0.2) is 72.8 Å². The van der Waals surface area contributed by atoms with Gasteiger partial charge >= 0.3 is 15.6 Å². The van der Waals surface area contributed by atoms with Gasteiger partial charge in [0.05, 0.1) is 0 Å². The smallest absolute Gasteiger partial charge is 0.303 e. The Kier molecular flexibility index (Phi) is 13.9. The van der Waals surface area contributed by atoms with E-state index in [9.17, 15) is 0 Å². The first-order chi connectivity index (χ1) is 10.0. The third-order valence-corrected chi connectivity index (χ3v) is 1.33. The van der Waals surface area contributed by atoms with Gasteiger partial charge in [0, 0.05) is 0 Å². The molecule has 0 aromatic heterocycles. The standard InChI is InChI=1S/2C6H6.2H3O4P/c2*1-2-4-6-5-3-1;2*1-5(2,3)4/h2*1-6H;2*(H3,1,2,3,4). The molecule has 0 unspecified atom stereocenters. The van der Waals surface area contributed by atoms with Crippen molar-refractivity contribution in [3.05, 3.63) is 72.8 Å². The third-order valence-electron chi connectivity index (χ3n) is 1.33. The normalized spacial score (nSPS) is 9.73. The molecule has 8 nitrogen and oxygen atoms in total. The largest absolute Gasteiger partial charge is 0.466 e. The van der Waals surface area contributed by atoms with Crippen LogP contribution in [-0.2, 0) is 9.13 Å². The minimum atomic E-state index is -4.64. The average Bonchev–Trinajstić information content (AvgIpc) is 2.40. The van der Waals surface area contributed by atoms with Crippen LogP contribution in [0, 0.1) is 0 Å². The van der Waals surface area contributed by atoms with Gasteiger partial charge < -0.3 is 29.4 Å². The van der Waals surface area contributed by atoms with E-state index < -0.39 is 15.6 Å². The Morgan fingerprint density at radius 3 is 0.455 bits per heavy atom. The first kappa shape index (κ1) is 22.9. The van der Waals surface area contributed by atoms with Crippen LogP contribution in [0.2, 0.25) is 0 Å². The fraction of sp³-hybridized carbons (Fsp3) is 0. The van der Waals surface area contributed by atoms with Gasteiger partial charge in [0.1, 0.15) is 0 Å². The quantitative estimate of drug-likeness (QED) is 0.390. The summed E-state index contributed by atoms with van der Waals surface area (Å²) in [5.74, 6) is 0. The summed E-state index contributed by atoms with van der Waals surface area (Å²) in [6, 6.07) is 24.0. The van der Waals surface area contributed by atoms with E-state index in [1.165, 1.54) is 0 Å². The van der Waals surface area contributed by atoms with Gasteiger partial charge in [-0.25, -0.2) is 9.13 Å². The molecule has 0 saturated carbocycles. The lowest BCUT2D eigenvalue weighted by molar-refractivity contribution is 0.272. The SMILES string of the molecule is O=P(O)(O)O.O=P(O)(O)O.c1ccccc1.c1ccccc1. The van der Waals surface area contributed by atoms with Crippen molar-refractivity contribution in [2.75, 3.05) is 0 Å². The van der Waals surface area contributed by atoms with Gasteiger partial charge in [0.2, 0.25) is 0 Å². The fourth-order valence-corrected chi connectivity index (χ4v) is 0.770. The minimum absolute atomic E-state index is 2.00. The first-order valence-corrected chi connectivity index (χ1v) is 8.70. The van der Waals surface area contributed by atoms with Crippen LogP contribution in [0.4, 0.5) is 0 Å². The number of hydrogen-bond acceptors (Lipinski definition) is 2. The zero-order chi connectivity index (χ0) is 17.5. The van der Waals surface area contributed by atoms with Crippen LogP contribution in [0.1, 0.15) is 0 Å². The lowest BCUT2D eigenvalue weighted by Gasteiger charge is -1.82. The highest BCUT2D eigenvalue weighted by atomic mass is 31.2. The monoisotopic (exact) mass is 352 g/mol. The van der Waals surface area contributed by atoms with Crippen LogP contribution in [0.25, 0.3) is 0 Å². The molecule has 0 amide bonds. The maximum Gasteiger partial charge on any atom is 0.466 e. The molecular weight excluding hydrogens is 334 g/mol. The Hall–Kier alpha value is -1.34. The van der Waals surface area contributed by atoms with Crippen LogP contribution in [-0.4, -0.2) is 29.4 Å². The molecule has 0 atom stereocenters. The number of benzene rings is 2. The lowest BCUT2D eigenvalue weighted by atomic mass is 10.4. The van der Waals surface area contributed by atoms with Gasteiger partial charge in [-0.05, 0) is 0 Å². The second kappa shape index (κ2) is 13.3. The highest BCUT2D eigenvalue weighted by Crippen LogP contribution is 2.26. The van der Waals surface area contributed by atoms with Crippen molar-refractivity contribution in [2.24, 2.45) is 0 Å². The number of hydrogen-bond donors (Lipinski definition) is 6. The molecule has 0 radical (unpaired) electrons. The molecule has 2 rings (SSSR count). The molecule has 22 heavy (non-hydrogen) atoms. The van der Waals surface area contributed by atoms with E-state index >= 15 is 0 Å². The van der Waals surface area contributed by atoms with E-state index in [0.717, 1.165) is 0 Å². The summed E-state index contributed by atoms with van der Waals surface area (Å²) in [4.78, 5) is 43.1. The predicted molar refractivity (Wildman–Crippen MR) is 81.4 cm³/mol. The molecular formula is C12H18O8P2. The van der Waals surface area contributed by atoms with E-state index in [1.807, 2.05) is 72.8 Å². The number of phosphoric acid groups is 2. The van der Waals surface area contributed by atoms with Crippen molar-refractivity contribution >= 4 is 15.6 Å². The molecule has 2 aromatic rings. The van der Waals surface area contributed by atoms with E-state index in [2.05, 4.69) is 0 Å². The first-order valence-electron chi connectivity index (χ1n) is 5.57. The van der Waals surface area contributed by atoms with Gasteiger partial charge in [-0.15, -0.1) is 0 Å². The van der Waals surface area contributed by atoms with Crippen LogP contribution in [0.3, 0.4) is 0 Å². The molecule has 0 saturated heterocycles. The van der Waals surface area contributed by atoms with Crippen molar-refractivity contribution in [1.29, 1.82) is 0 Å². The highest BCUT2D eigenvalue weighted by molar-refractivity contribution is 7.45. The molecule has 124 valence electrons. The summed E-state index contributed by atoms with van der Waals surface area (Å²) in [6.45, 7) is 0. The van der Waals surface area contributed by atoms with Crippen LogP contribution >= 0.6 is 15.6 Å². The van der Waals surface area contributed by atoms with Gasteiger partial charge in [0.25, 0.3) is 0 Å². The van der Waals surface area contributed by atoms with E-state index in [0.29, 0.717) is 0 Å². The van der Waals surface area contributed by atoms with Crippen LogP contribution in [0.5, 0.6) is 0 Å². The summed E-state index contributed by atoms with van der Waals surface area (Å²) < 4.78 is 17.8. The molecule has 0 heterocycles. The van der Waals surface area contributed by atoms with Crippen molar-refractivity contribution in [3.63, 3.8) is 0 Å². The lowest BCUT2D eigenvalue weighted by Crippen LogP contribution is -1.66. The summed E-state index contributed by atoms with van der Waals surface area (Å²) in [7, 11) is -9.28. The number of rotatable bonds is 0. The zero-order valence-electron chi connectivity index (χ0n) is 11.3. The van der Waals surface area contributed by atoms with E-state index in [4.69, 9.17) is 38.5 Å².